The van der Waals surface area contributed by atoms with Gasteiger partial charge in [-0.05, 0) is 49.9 Å². The summed E-state index contributed by atoms with van der Waals surface area (Å²) >= 11 is 0. The highest BCUT2D eigenvalue weighted by Crippen LogP contribution is 2.38. The molecule has 1 aromatic rings. The molecule has 1 aromatic heterocycles. The van der Waals surface area contributed by atoms with E-state index in [1.807, 2.05) is 26.3 Å². The van der Waals surface area contributed by atoms with Crippen LogP contribution < -0.4 is 11.1 Å². The highest BCUT2D eigenvalue weighted by molar-refractivity contribution is 5.32. The Labute approximate surface area is 122 Å². The molecule has 4 nitrogen and oxygen atoms in total. The predicted octanol–water partition coefficient (Wildman–Crippen LogP) is 2.39. The highest BCUT2D eigenvalue weighted by atomic mass is 16.5. The van der Waals surface area contributed by atoms with E-state index in [0.29, 0.717) is 11.9 Å². The lowest BCUT2D eigenvalue weighted by Gasteiger charge is -2.44. The number of likely N-dealkylation sites (N-methyl/N-ethyl adjacent to an activating group) is 1. The van der Waals surface area contributed by atoms with E-state index in [0.717, 1.165) is 25.2 Å². The molecule has 3 atom stereocenters. The number of aromatic nitrogens is 1. The zero-order valence-corrected chi connectivity index (χ0v) is 12.9. The fourth-order valence-corrected chi connectivity index (χ4v) is 3.60. The van der Waals surface area contributed by atoms with Gasteiger partial charge in [0.15, 0.2) is 0 Å². The Hall–Kier alpha value is -1.13. The number of anilines is 1. The predicted molar refractivity (Wildman–Crippen MR) is 82.6 cm³/mol. The molecule has 3 N–H and O–H groups in total. The van der Waals surface area contributed by atoms with Crippen molar-refractivity contribution >= 4 is 5.82 Å². The molecule has 1 fully saturated rings. The number of rotatable bonds is 5. The van der Waals surface area contributed by atoms with Crippen molar-refractivity contribution in [3.63, 3.8) is 0 Å². The maximum atomic E-state index is 6.00. The van der Waals surface area contributed by atoms with Gasteiger partial charge in [0.05, 0.1) is 5.60 Å². The van der Waals surface area contributed by atoms with Gasteiger partial charge in [0.1, 0.15) is 5.82 Å². The van der Waals surface area contributed by atoms with Crippen molar-refractivity contribution < 1.29 is 4.74 Å². The summed E-state index contributed by atoms with van der Waals surface area (Å²) in [6, 6.07) is 4.30. The van der Waals surface area contributed by atoms with E-state index in [1.54, 1.807) is 6.20 Å². The van der Waals surface area contributed by atoms with Gasteiger partial charge in [-0.1, -0.05) is 19.8 Å². The third kappa shape index (κ3) is 3.30. The molecule has 1 saturated carbocycles. The smallest absolute Gasteiger partial charge is 0.123 e. The fourth-order valence-electron chi connectivity index (χ4n) is 3.60. The molecule has 1 heterocycles. The SMILES string of the molecule is CNC(Cc1ccnc(N)c1)C1(OC)CCCC(C)C1. The standard InChI is InChI=1S/C16H27N3O/c1-12-5-4-7-16(11-12,20-3)14(18-2)9-13-6-8-19-15(17)10-13/h6,8,10,12,14,18H,4-5,7,9,11H2,1-3H3,(H2,17,19). The van der Waals surface area contributed by atoms with E-state index >= 15 is 0 Å². The van der Waals surface area contributed by atoms with Crippen LogP contribution in [-0.4, -0.2) is 30.8 Å². The summed E-state index contributed by atoms with van der Waals surface area (Å²) in [5.41, 5.74) is 6.93. The molecular formula is C16H27N3O. The summed E-state index contributed by atoms with van der Waals surface area (Å²) in [4.78, 5) is 4.06. The quantitative estimate of drug-likeness (QED) is 0.867. The summed E-state index contributed by atoms with van der Waals surface area (Å²) in [5, 5.41) is 3.47. The third-order valence-corrected chi connectivity index (χ3v) is 4.67. The van der Waals surface area contributed by atoms with Crippen LogP contribution in [0.5, 0.6) is 0 Å². The number of nitrogen functional groups attached to an aromatic ring is 1. The zero-order chi connectivity index (χ0) is 14.6. The maximum Gasteiger partial charge on any atom is 0.123 e. The van der Waals surface area contributed by atoms with Crippen LogP contribution >= 0.6 is 0 Å². The molecule has 2 rings (SSSR count). The van der Waals surface area contributed by atoms with Gasteiger partial charge in [-0.3, -0.25) is 0 Å². The van der Waals surface area contributed by atoms with E-state index < -0.39 is 0 Å². The van der Waals surface area contributed by atoms with Crippen LogP contribution in [0.4, 0.5) is 5.82 Å². The average Bonchev–Trinajstić information content (AvgIpc) is 2.44. The van der Waals surface area contributed by atoms with Crippen molar-refractivity contribution in [2.75, 3.05) is 19.9 Å². The van der Waals surface area contributed by atoms with Gasteiger partial charge in [-0.2, -0.15) is 0 Å². The second-order valence-corrected chi connectivity index (χ2v) is 6.10. The Kier molecular flexibility index (Phi) is 5.00. The topological polar surface area (TPSA) is 60.2 Å². The number of hydrogen-bond acceptors (Lipinski definition) is 4. The van der Waals surface area contributed by atoms with Gasteiger partial charge in [0.2, 0.25) is 0 Å². The minimum Gasteiger partial charge on any atom is -0.384 e. The lowest BCUT2D eigenvalue weighted by molar-refractivity contribution is -0.0775. The van der Waals surface area contributed by atoms with E-state index in [-0.39, 0.29) is 5.60 Å². The zero-order valence-electron chi connectivity index (χ0n) is 12.9. The molecule has 4 heteroatoms. The van der Waals surface area contributed by atoms with Crippen molar-refractivity contribution in [1.82, 2.24) is 10.3 Å². The lowest BCUT2D eigenvalue weighted by Crippen LogP contribution is -2.54. The van der Waals surface area contributed by atoms with Crippen LogP contribution in [0.1, 0.15) is 38.2 Å². The number of nitrogens with one attached hydrogen (secondary N) is 1. The summed E-state index contributed by atoms with van der Waals surface area (Å²) in [5.74, 6) is 1.31. The first-order chi connectivity index (χ1) is 9.59. The first kappa shape index (κ1) is 15.3. The highest BCUT2D eigenvalue weighted by Gasteiger charge is 2.41. The van der Waals surface area contributed by atoms with Crippen LogP contribution in [0.15, 0.2) is 18.3 Å². The second kappa shape index (κ2) is 6.55. The molecule has 1 aliphatic carbocycles. The number of pyridine rings is 1. The van der Waals surface area contributed by atoms with Crippen molar-refractivity contribution in [1.29, 1.82) is 0 Å². The minimum atomic E-state index is -0.0650. The van der Waals surface area contributed by atoms with Gasteiger partial charge >= 0.3 is 0 Å². The van der Waals surface area contributed by atoms with Crippen LogP contribution in [-0.2, 0) is 11.2 Å². The molecule has 112 valence electrons. The maximum absolute atomic E-state index is 6.00. The molecule has 0 amide bonds. The van der Waals surface area contributed by atoms with Crippen molar-refractivity contribution in [3.05, 3.63) is 23.9 Å². The summed E-state index contributed by atoms with van der Waals surface area (Å²) in [6.45, 7) is 2.32. The summed E-state index contributed by atoms with van der Waals surface area (Å²) in [6.07, 6.45) is 7.50. The Morgan fingerprint density at radius 1 is 1.60 bits per heavy atom. The van der Waals surface area contributed by atoms with Crippen LogP contribution in [0.2, 0.25) is 0 Å². The van der Waals surface area contributed by atoms with Gasteiger partial charge in [0.25, 0.3) is 0 Å². The molecule has 0 bridgehead atoms. The molecule has 0 aromatic carbocycles. The molecule has 20 heavy (non-hydrogen) atoms. The third-order valence-electron chi connectivity index (χ3n) is 4.67. The Morgan fingerprint density at radius 2 is 2.40 bits per heavy atom. The number of nitrogens with two attached hydrogens (primary N) is 1. The van der Waals surface area contributed by atoms with E-state index in [1.165, 1.54) is 18.4 Å². The van der Waals surface area contributed by atoms with E-state index in [4.69, 9.17) is 10.5 Å². The summed E-state index contributed by atoms with van der Waals surface area (Å²) in [7, 11) is 3.87. The fraction of sp³-hybridized carbons (Fsp3) is 0.688. The first-order valence-electron chi connectivity index (χ1n) is 7.52. The largest absolute Gasteiger partial charge is 0.384 e. The van der Waals surface area contributed by atoms with Gasteiger partial charge in [-0.25, -0.2) is 4.98 Å². The summed E-state index contributed by atoms with van der Waals surface area (Å²) < 4.78 is 6.00. The van der Waals surface area contributed by atoms with Crippen LogP contribution in [0, 0.1) is 5.92 Å². The molecule has 0 spiro atoms. The van der Waals surface area contributed by atoms with Crippen LogP contribution in [0.25, 0.3) is 0 Å². The average molecular weight is 277 g/mol. The molecule has 0 saturated heterocycles. The van der Waals surface area contributed by atoms with Gasteiger partial charge in [0, 0.05) is 19.3 Å². The van der Waals surface area contributed by atoms with E-state index in [2.05, 4.69) is 17.2 Å². The number of ether oxygens (including phenoxy) is 1. The van der Waals surface area contributed by atoms with Crippen molar-refractivity contribution in [2.24, 2.45) is 5.92 Å². The minimum absolute atomic E-state index is 0.0650. The van der Waals surface area contributed by atoms with Crippen molar-refractivity contribution in [3.8, 4) is 0 Å². The number of methoxy groups -OCH3 is 1. The lowest BCUT2D eigenvalue weighted by atomic mass is 9.73. The van der Waals surface area contributed by atoms with E-state index in [9.17, 15) is 0 Å². The second-order valence-electron chi connectivity index (χ2n) is 6.10. The normalized spacial score (nSPS) is 28.2. The van der Waals surface area contributed by atoms with Crippen molar-refractivity contribution in [2.45, 2.75) is 50.7 Å². The first-order valence-corrected chi connectivity index (χ1v) is 7.52. The molecule has 0 aliphatic heterocycles. The Balaban J connectivity index is 2.17. The van der Waals surface area contributed by atoms with Gasteiger partial charge in [-0.15, -0.1) is 0 Å². The molecular weight excluding hydrogens is 250 g/mol. The monoisotopic (exact) mass is 277 g/mol. The Morgan fingerprint density at radius 3 is 3.00 bits per heavy atom. The molecule has 3 unspecified atom stereocenters. The molecule has 0 radical (unpaired) electrons. The van der Waals surface area contributed by atoms with Gasteiger partial charge < -0.3 is 15.8 Å². The van der Waals surface area contributed by atoms with Crippen LogP contribution in [0.3, 0.4) is 0 Å². The molecule has 1 aliphatic rings. The Bertz CT molecular complexity index is 437. The number of nitrogens with zero attached hydrogens (tertiary/aromatic N) is 1. The number of hydrogen-bond donors (Lipinski definition) is 2.